The second-order valence-electron chi connectivity index (χ2n) is 2.91. The van der Waals surface area contributed by atoms with E-state index in [1.165, 1.54) is 0 Å². The summed E-state index contributed by atoms with van der Waals surface area (Å²) in [4.78, 5) is 0. The van der Waals surface area contributed by atoms with Gasteiger partial charge in [-0.3, -0.25) is 0 Å². The molecule has 0 bridgehead atoms. The van der Waals surface area contributed by atoms with Crippen molar-refractivity contribution in [2.45, 2.75) is 36.7 Å². The van der Waals surface area contributed by atoms with Gasteiger partial charge in [0.25, 0.3) is 0 Å². The van der Waals surface area contributed by atoms with Crippen molar-refractivity contribution in [1.29, 1.82) is 0 Å². The van der Waals surface area contributed by atoms with Crippen LogP contribution in [-0.2, 0) is 0 Å². The zero-order chi connectivity index (χ0) is 7.61. The van der Waals surface area contributed by atoms with Crippen LogP contribution < -0.4 is 0 Å². The molecule has 0 unspecified atom stereocenters. The van der Waals surface area contributed by atoms with Crippen molar-refractivity contribution in [2.75, 3.05) is 0 Å². The molecule has 58 valence electrons. The maximum Gasteiger partial charge on any atom is 0.0987 e. The molecule has 1 rings (SSSR count). The molecule has 1 aliphatic rings. The van der Waals surface area contributed by atoms with E-state index in [0.717, 1.165) is 25.7 Å². The van der Waals surface area contributed by atoms with Crippen molar-refractivity contribution in [3.63, 3.8) is 0 Å². The summed E-state index contributed by atoms with van der Waals surface area (Å²) >= 11 is 5.90. The largest absolute Gasteiger partial charge is 0.384 e. The second kappa shape index (κ2) is 2.93. The molecule has 0 amide bonds. The van der Waals surface area contributed by atoms with Crippen LogP contribution in [0.2, 0.25) is 0 Å². The van der Waals surface area contributed by atoms with Gasteiger partial charge in [-0.1, -0.05) is 18.9 Å². The third kappa shape index (κ3) is 1.35. The molecule has 0 radical (unpaired) electrons. The predicted octanol–water partition coefficient (Wildman–Crippen LogP) is 2.08. The molecule has 10 heavy (non-hydrogen) atoms. The third-order valence-electron chi connectivity index (χ3n) is 2.18. The molecular formula is C8H13ClO. The van der Waals surface area contributed by atoms with Gasteiger partial charge in [-0.25, -0.2) is 0 Å². The Morgan fingerprint density at radius 2 is 2.30 bits per heavy atom. The van der Waals surface area contributed by atoms with Gasteiger partial charge in [-0.2, -0.15) is 0 Å². The van der Waals surface area contributed by atoms with E-state index in [2.05, 4.69) is 6.58 Å². The van der Waals surface area contributed by atoms with Crippen LogP contribution in [0.25, 0.3) is 0 Å². The minimum Gasteiger partial charge on any atom is -0.384 e. The first-order chi connectivity index (χ1) is 4.69. The Morgan fingerprint density at radius 1 is 1.60 bits per heavy atom. The van der Waals surface area contributed by atoms with E-state index in [0.29, 0.717) is 0 Å². The van der Waals surface area contributed by atoms with Gasteiger partial charge >= 0.3 is 0 Å². The van der Waals surface area contributed by atoms with Crippen molar-refractivity contribution in [2.24, 2.45) is 0 Å². The Hall–Kier alpha value is -0.0100. The maximum absolute atomic E-state index is 9.70. The number of halogens is 1. The third-order valence-corrected chi connectivity index (χ3v) is 2.78. The number of hydrogen-bond donors (Lipinski definition) is 1. The van der Waals surface area contributed by atoms with Crippen molar-refractivity contribution in [3.05, 3.63) is 12.7 Å². The lowest BCUT2D eigenvalue weighted by Gasteiger charge is -2.33. The lowest BCUT2D eigenvalue weighted by Crippen LogP contribution is -2.39. The standard InChI is InChI=1S/C8H13ClO/c1-2-8(10)6-4-3-5-7(8)9/h2,7,10H,1,3-6H2/t7-,8-/m0/s1. The van der Waals surface area contributed by atoms with Crippen LogP contribution in [0.4, 0.5) is 0 Å². The fraction of sp³-hybridized carbons (Fsp3) is 0.750. The van der Waals surface area contributed by atoms with Gasteiger partial charge in [0.2, 0.25) is 0 Å². The van der Waals surface area contributed by atoms with Crippen LogP contribution in [-0.4, -0.2) is 16.1 Å². The Kier molecular flexibility index (Phi) is 2.37. The van der Waals surface area contributed by atoms with Gasteiger partial charge < -0.3 is 5.11 Å². The number of aliphatic hydroxyl groups is 1. The summed E-state index contributed by atoms with van der Waals surface area (Å²) in [5.41, 5.74) is -0.792. The molecule has 1 N–H and O–H groups in total. The normalized spacial score (nSPS) is 41.2. The minimum absolute atomic E-state index is 0.126. The topological polar surface area (TPSA) is 20.2 Å². The molecule has 0 aliphatic heterocycles. The van der Waals surface area contributed by atoms with Gasteiger partial charge in [0.1, 0.15) is 0 Å². The smallest absolute Gasteiger partial charge is 0.0987 e. The molecule has 1 nitrogen and oxygen atoms in total. The molecule has 0 aromatic rings. The predicted molar refractivity (Wildman–Crippen MR) is 43.3 cm³/mol. The first-order valence-electron chi connectivity index (χ1n) is 3.69. The Morgan fingerprint density at radius 3 is 2.70 bits per heavy atom. The molecule has 0 aromatic heterocycles. The highest BCUT2D eigenvalue weighted by molar-refractivity contribution is 6.21. The molecule has 1 fully saturated rings. The zero-order valence-corrected chi connectivity index (χ0v) is 6.77. The summed E-state index contributed by atoms with van der Waals surface area (Å²) in [7, 11) is 0. The van der Waals surface area contributed by atoms with Gasteiger partial charge in [0.05, 0.1) is 11.0 Å². The highest BCUT2D eigenvalue weighted by atomic mass is 35.5. The van der Waals surface area contributed by atoms with Crippen LogP contribution in [0.1, 0.15) is 25.7 Å². The molecule has 1 saturated carbocycles. The molecule has 0 saturated heterocycles. The summed E-state index contributed by atoms with van der Waals surface area (Å²) in [6.45, 7) is 3.57. The molecule has 0 heterocycles. The van der Waals surface area contributed by atoms with E-state index in [-0.39, 0.29) is 5.38 Å². The fourth-order valence-electron chi connectivity index (χ4n) is 1.37. The number of alkyl halides is 1. The Bertz CT molecular complexity index is 135. The minimum atomic E-state index is -0.792. The van der Waals surface area contributed by atoms with Crippen molar-refractivity contribution >= 4 is 11.6 Å². The van der Waals surface area contributed by atoms with Crippen LogP contribution in [0.15, 0.2) is 12.7 Å². The fourth-order valence-corrected chi connectivity index (χ4v) is 1.72. The van der Waals surface area contributed by atoms with Crippen molar-refractivity contribution in [1.82, 2.24) is 0 Å². The first-order valence-corrected chi connectivity index (χ1v) is 4.13. The van der Waals surface area contributed by atoms with E-state index >= 15 is 0 Å². The van der Waals surface area contributed by atoms with Crippen LogP contribution >= 0.6 is 11.6 Å². The number of rotatable bonds is 1. The highest BCUT2D eigenvalue weighted by Gasteiger charge is 2.34. The lowest BCUT2D eigenvalue weighted by molar-refractivity contribution is 0.0560. The Balaban J connectivity index is 2.62. The van der Waals surface area contributed by atoms with Crippen molar-refractivity contribution < 1.29 is 5.11 Å². The molecule has 0 spiro atoms. The van der Waals surface area contributed by atoms with E-state index in [9.17, 15) is 5.11 Å². The van der Waals surface area contributed by atoms with Gasteiger partial charge in [0, 0.05) is 0 Å². The second-order valence-corrected chi connectivity index (χ2v) is 3.44. The monoisotopic (exact) mass is 160 g/mol. The molecular weight excluding hydrogens is 148 g/mol. The zero-order valence-electron chi connectivity index (χ0n) is 6.02. The summed E-state index contributed by atoms with van der Waals surface area (Å²) in [6.07, 6.45) is 5.44. The highest BCUT2D eigenvalue weighted by Crippen LogP contribution is 2.32. The number of hydrogen-bond acceptors (Lipinski definition) is 1. The SMILES string of the molecule is C=C[C@]1(O)CCCC[C@@H]1Cl. The van der Waals surface area contributed by atoms with Crippen molar-refractivity contribution in [3.8, 4) is 0 Å². The van der Waals surface area contributed by atoms with Crippen LogP contribution in [0, 0.1) is 0 Å². The van der Waals surface area contributed by atoms with E-state index in [1.807, 2.05) is 0 Å². The molecule has 0 aromatic carbocycles. The van der Waals surface area contributed by atoms with E-state index in [1.54, 1.807) is 6.08 Å². The maximum atomic E-state index is 9.70. The molecule has 2 atom stereocenters. The van der Waals surface area contributed by atoms with Gasteiger partial charge in [-0.15, -0.1) is 18.2 Å². The summed E-state index contributed by atoms with van der Waals surface area (Å²) in [5, 5.41) is 9.57. The lowest BCUT2D eigenvalue weighted by atomic mass is 9.85. The average molecular weight is 161 g/mol. The molecule has 2 heteroatoms. The van der Waals surface area contributed by atoms with E-state index < -0.39 is 5.60 Å². The summed E-state index contributed by atoms with van der Waals surface area (Å²) in [5.74, 6) is 0. The molecule has 1 aliphatic carbocycles. The van der Waals surface area contributed by atoms with Gasteiger partial charge in [0.15, 0.2) is 0 Å². The van der Waals surface area contributed by atoms with Gasteiger partial charge in [-0.05, 0) is 12.8 Å². The van der Waals surface area contributed by atoms with Crippen LogP contribution in [0.3, 0.4) is 0 Å². The Labute approximate surface area is 66.7 Å². The quantitative estimate of drug-likeness (QED) is 0.460. The van der Waals surface area contributed by atoms with Crippen LogP contribution in [0.5, 0.6) is 0 Å². The van der Waals surface area contributed by atoms with E-state index in [4.69, 9.17) is 11.6 Å². The average Bonchev–Trinajstić information content (AvgIpc) is 1.96. The summed E-state index contributed by atoms with van der Waals surface area (Å²) in [6, 6.07) is 0. The summed E-state index contributed by atoms with van der Waals surface area (Å²) < 4.78 is 0. The first kappa shape index (κ1) is 8.09.